The summed E-state index contributed by atoms with van der Waals surface area (Å²) in [6, 6.07) is 59.3. The second kappa shape index (κ2) is 9.56. The van der Waals surface area contributed by atoms with Crippen LogP contribution in [-0.4, -0.2) is 0 Å². The van der Waals surface area contributed by atoms with Gasteiger partial charge in [-0.05, 0) is 127 Å². The smallest absolute Gasteiger partial charge is 0.0165 e. The van der Waals surface area contributed by atoms with Gasteiger partial charge in [-0.3, -0.25) is 0 Å². The molecule has 0 heterocycles. The number of fused-ring (bicyclic) bond motifs is 9. The van der Waals surface area contributed by atoms with E-state index in [2.05, 4.69) is 172 Å². The van der Waals surface area contributed by atoms with Crippen LogP contribution in [0.4, 0.5) is 0 Å². The van der Waals surface area contributed by atoms with E-state index in [1.54, 1.807) is 0 Å². The van der Waals surface area contributed by atoms with Crippen molar-refractivity contribution < 1.29 is 0 Å². The third kappa shape index (κ3) is 3.64. The summed E-state index contributed by atoms with van der Waals surface area (Å²) in [5, 5.41) is 15.9. The Morgan fingerprint density at radius 3 is 1.73 bits per heavy atom. The van der Waals surface area contributed by atoms with E-state index in [0.717, 1.165) is 0 Å². The lowest BCUT2D eigenvalue weighted by Crippen LogP contribution is -2.15. The van der Waals surface area contributed by atoms with Gasteiger partial charge in [0.15, 0.2) is 0 Å². The summed E-state index contributed by atoms with van der Waals surface area (Å²) in [4.78, 5) is 0. The van der Waals surface area contributed by atoms with E-state index in [1.165, 1.54) is 109 Å². The molecule has 49 heavy (non-hydrogen) atoms. The van der Waals surface area contributed by atoms with Gasteiger partial charge in [-0.1, -0.05) is 153 Å². The summed E-state index contributed by atoms with van der Waals surface area (Å²) in [5.74, 6) is 0. The van der Waals surface area contributed by atoms with Gasteiger partial charge in [0.2, 0.25) is 0 Å². The maximum atomic E-state index is 2.43. The van der Waals surface area contributed by atoms with Crippen molar-refractivity contribution in [3.05, 3.63) is 169 Å². The SMILES string of the molecule is CC1(C)c2cc3ccccc3cc2-c2c1c1ccc(-c3ccc(-c4ccc5ccc6cccc7ccc4c5c67)cc3)cc1c1ccccc21. The van der Waals surface area contributed by atoms with Crippen LogP contribution < -0.4 is 0 Å². The Morgan fingerprint density at radius 1 is 0.347 bits per heavy atom. The molecule has 0 aliphatic heterocycles. The van der Waals surface area contributed by atoms with Crippen LogP contribution in [0.25, 0.3) is 98.0 Å². The second-order valence-corrected chi connectivity index (χ2v) is 14.5. The van der Waals surface area contributed by atoms with E-state index in [0.29, 0.717) is 0 Å². The monoisotopic (exact) mass is 620 g/mol. The van der Waals surface area contributed by atoms with Crippen LogP contribution in [0.2, 0.25) is 0 Å². The summed E-state index contributed by atoms with van der Waals surface area (Å²) in [5.41, 5.74) is 10.6. The lowest BCUT2D eigenvalue weighted by molar-refractivity contribution is 0.667. The minimum Gasteiger partial charge on any atom is -0.0616 e. The molecule has 0 radical (unpaired) electrons. The van der Waals surface area contributed by atoms with Crippen LogP contribution in [-0.2, 0) is 5.41 Å². The first-order valence-corrected chi connectivity index (χ1v) is 17.3. The van der Waals surface area contributed by atoms with Crippen molar-refractivity contribution in [3.8, 4) is 33.4 Å². The molecule has 0 bridgehead atoms. The van der Waals surface area contributed by atoms with Gasteiger partial charge in [-0.2, -0.15) is 0 Å². The van der Waals surface area contributed by atoms with Crippen molar-refractivity contribution in [1.82, 2.24) is 0 Å². The highest BCUT2D eigenvalue weighted by molar-refractivity contribution is 6.25. The lowest BCUT2D eigenvalue weighted by atomic mass is 9.78. The summed E-state index contributed by atoms with van der Waals surface area (Å²) in [6.45, 7) is 4.82. The van der Waals surface area contributed by atoms with E-state index >= 15 is 0 Å². The van der Waals surface area contributed by atoms with Gasteiger partial charge in [0.05, 0.1) is 0 Å². The van der Waals surface area contributed by atoms with Crippen LogP contribution >= 0.6 is 0 Å². The Morgan fingerprint density at radius 2 is 0.939 bits per heavy atom. The summed E-state index contributed by atoms with van der Waals surface area (Å²) in [6.07, 6.45) is 0. The molecule has 0 saturated heterocycles. The van der Waals surface area contributed by atoms with Crippen molar-refractivity contribution in [3.63, 3.8) is 0 Å². The minimum atomic E-state index is -0.110. The number of rotatable bonds is 2. The van der Waals surface area contributed by atoms with Crippen LogP contribution in [0, 0.1) is 0 Å². The van der Waals surface area contributed by atoms with E-state index in [1.807, 2.05) is 0 Å². The third-order valence-electron chi connectivity index (χ3n) is 11.5. The molecular formula is C49H32. The Balaban J connectivity index is 1.07. The predicted molar refractivity (Wildman–Crippen MR) is 211 cm³/mol. The fourth-order valence-electron chi connectivity index (χ4n) is 9.23. The maximum Gasteiger partial charge on any atom is 0.0165 e. The molecular weight excluding hydrogens is 589 g/mol. The standard InChI is InChI=1S/C49H32/c1-49(2)44-28-35-9-4-3-8-34(35)27-43(44)47-39-13-6-5-12-38(39)42-26-36(22-25-41(42)48(47)49)29-14-16-30(17-15-29)37-23-20-33-19-18-31-10-7-11-32-21-24-40(37)46(33)45(31)32/h3-28H,1-2H3. The first kappa shape index (κ1) is 27.0. The third-order valence-corrected chi connectivity index (χ3v) is 11.5. The fourth-order valence-corrected chi connectivity index (χ4v) is 9.23. The molecule has 0 N–H and O–H groups in total. The molecule has 10 aromatic carbocycles. The highest BCUT2D eigenvalue weighted by atomic mass is 14.4. The average Bonchev–Trinajstić information content (AvgIpc) is 3.38. The van der Waals surface area contributed by atoms with Gasteiger partial charge in [0, 0.05) is 5.41 Å². The van der Waals surface area contributed by atoms with Crippen molar-refractivity contribution in [2.45, 2.75) is 19.3 Å². The molecule has 0 atom stereocenters. The zero-order valence-corrected chi connectivity index (χ0v) is 27.5. The van der Waals surface area contributed by atoms with Crippen LogP contribution in [0.1, 0.15) is 25.0 Å². The summed E-state index contributed by atoms with van der Waals surface area (Å²) >= 11 is 0. The molecule has 0 nitrogen and oxygen atoms in total. The molecule has 10 aromatic rings. The Hall–Kier alpha value is -5.98. The molecule has 11 rings (SSSR count). The first-order chi connectivity index (χ1) is 24.0. The zero-order valence-electron chi connectivity index (χ0n) is 27.5. The van der Waals surface area contributed by atoms with E-state index in [9.17, 15) is 0 Å². The highest BCUT2D eigenvalue weighted by Gasteiger charge is 2.38. The molecule has 0 amide bonds. The van der Waals surface area contributed by atoms with Crippen molar-refractivity contribution in [2.24, 2.45) is 0 Å². The fraction of sp³-hybridized carbons (Fsp3) is 0.0612. The van der Waals surface area contributed by atoms with E-state index in [4.69, 9.17) is 0 Å². The molecule has 0 spiro atoms. The van der Waals surface area contributed by atoms with Gasteiger partial charge in [0.25, 0.3) is 0 Å². The average molecular weight is 621 g/mol. The predicted octanol–water partition coefficient (Wildman–Crippen LogP) is 13.7. The molecule has 0 heteroatoms. The number of hydrogen-bond donors (Lipinski definition) is 0. The summed E-state index contributed by atoms with van der Waals surface area (Å²) < 4.78 is 0. The zero-order chi connectivity index (χ0) is 32.4. The Labute approximate surface area is 285 Å². The summed E-state index contributed by atoms with van der Waals surface area (Å²) in [7, 11) is 0. The molecule has 228 valence electrons. The van der Waals surface area contributed by atoms with Gasteiger partial charge in [0.1, 0.15) is 0 Å². The van der Waals surface area contributed by atoms with Crippen molar-refractivity contribution >= 4 is 64.6 Å². The van der Waals surface area contributed by atoms with Gasteiger partial charge in [-0.25, -0.2) is 0 Å². The Kier molecular flexibility index (Phi) is 5.27. The van der Waals surface area contributed by atoms with Crippen LogP contribution in [0.15, 0.2) is 158 Å². The van der Waals surface area contributed by atoms with Crippen molar-refractivity contribution in [2.75, 3.05) is 0 Å². The normalized spacial score (nSPS) is 13.7. The number of benzene rings is 10. The molecule has 0 unspecified atom stereocenters. The first-order valence-electron chi connectivity index (χ1n) is 17.3. The second-order valence-electron chi connectivity index (χ2n) is 14.5. The van der Waals surface area contributed by atoms with Gasteiger partial charge < -0.3 is 0 Å². The van der Waals surface area contributed by atoms with Gasteiger partial charge in [-0.15, -0.1) is 0 Å². The number of hydrogen-bond acceptors (Lipinski definition) is 0. The molecule has 1 aliphatic rings. The van der Waals surface area contributed by atoms with Crippen molar-refractivity contribution in [1.29, 1.82) is 0 Å². The Bertz CT molecular complexity index is 2980. The molecule has 0 aromatic heterocycles. The molecule has 0 saturated carbocycles. The van der Waals surface area contributed by atoms with Gasteiger partial charge >= 0.3 is 0 Å². The van der Waals surface area contributed by atoms with Crippen LogP contribution in [0.5, 0.6) is 0 Å². The van der Waals surface area contributed by atoms with E-state index < -0.39 is 0 Å². The highest BCUT2D eigenvalue weighted by Crippen LogP contribution is 2.55. The topological polar surface area (TPSA) is 0 Å². The molecule has 0 fully saturated rings. The lowest BCUT2D eigenvalue weighted by Gasteiger charge is -2.24. The quantitative estimate of drug-likeness (QED) is 0.169. The van der Waals surface area contributed by atoms with Crippen LogP contribution in [0.3, 0.4) is 0 Å². The minimum absolute atomic E-state index is 0.110. The molecule has 1 aliphatic carbocycles. The van der Waals surface area contributed by atoms with E-state index in [-0.39, 0.29) is 5.41 Å². The largest absolute Gasteiger partial charge is 0.0616 e. The maximum absolute atomic E-state index is 2.43.